The molecular formula is C30H36N2O3S. The van der Waals surface area contributed by atoms with E-state index in [-0.39, 0.29) is 11.9 Å². The maximum atomic E-state index is 13.6. The van der Waals surface area contributed by atoms with Crippen LogP contribution in [0.5, 0.6) is 11.5 Å². The number of ether oxygens (including phenoxy) is 2. The molecule has 1 saturated heterocycles. The number of thioether (sulfide) groups is 1. The first kappa shape index (κ1) is 24.9. The van der Waals surface area contributed by atoms with Gasteiger partial charge < -0.3 is 9.47 Å². The molecule has 1 heterocycles. The predicted molar refractivity (Wildman–Crippen MR) is 147 cm³/mol. The largest absolute Gasteiger partial charge is 0.493 e. The molecule has 0 unspecified atom stereocenters. The molecule has 5 nitrogen and oxygen atoms in total. The van der Waals surface area contributed by atoms with Crippen LogP contribution in [0.1, 0.15) is 75.3 Å². The molecule has 2 aromatic rings. The number of hydrogen-bond donors (Lipinski definition) is 0. The maximum absolute atomic E-state index is 13.6. The Morgan fingerprint density at radius 3 is 2.39 bits per heavy atom. The molecule has 0 N–H and O–H groups in total. The van der Waals surface area contributed by atoms with Crippen LogP contribution < -0.4 is 9.47 Å². The van der Waals surface area contributed by atoms with Crippen molar-refractivity contribution in [3.63, 3.8) is 0 Å². The second kappa shape index (κ2) is 12.0. The van der Waals surface area contributed by atoms with Gasteiger partial charge in [0.1, 0.15) is 6.61 Å². The summed E-state index contributed by atoms with van der Waals surface area (Å²) in [5.41, 5.74) is 2.03. The first-order valence-electron chi connectivity index (χ1n) is 13.4. The number of nitrogens with zero attached hydrogens (tertiary/aromatic N) is 2. The van der Waals surface area contributed by atoms with Crippen molar-refractivity contribution in [3.8, 4) is 11.5 Å². The molecule has 36 heavy (non-hydrogen) atoms. The third-order valence-electron chi connectivity index (χ3n) is 7.37. The van der Waals surface area contributed by atoms with Gasteiger partial charge in [0.25, 0.3) is 5.91 Å². The average Bonchev–Trinajstić information content (AvgIpc) is 3.23. The molecule has 3 fully saturated rings. The fourth-order valence-corrected chi connectivity index (χ4v) is 6.49. The van der Waals surface area contributed by atoms with E-state index >= 15 is 0 Å². The van der Waals surface area contributed by atoms with Crippen LogP contribution in [0.4, 0.5) is 0 Å². The molecule has 1 amide bonds. The van der Waals surface area contributed by atoms with Gasteiger partial charge in [0.2, 0.25) is 0 Å². The minimum Gasteiger partial charge on any atom is -0.493 e. The monoisotopic (exact) mass is 504 g/mol. The summed E-state index contributed by atoms with van der Waals surface area (Å²) in [5, 5.41) is 0.917. The number of carbonyl (C=O) groups excluding carboxylic acids is 1. The maximum Gasteiger partial charge on any atom is 0.266 e. The predicted octanol–water partition coefficient (Wildman–Crippen LogP) is 7.21. The number of hydrogen-bond acceptors (Lipinski definition) is 5. The van der Waals surface area contributed by atoms with Gasteiger partial charge in [-0.05, 0) is 66.8 Å². The second-order valence-electron chi connectivity index (χ2n) is 9.97. The lowest BCUT2D eigenvalue weighted by molar-refractivity contribution is -0.124. The molecule has 1 aliphatic heterocycles. The quantitative estimate of drug-likeness (QED) is 0.374. The first-order chi connectivity index (χ1) is 17.7. The summed E-state index contributed by atoms with van der Waals surface area (Å²) in [6.07, 6.45) is 13.8. The number of amides is 1. The highest BCUT2D eigenvalue weighted by molar-refractivity contribution is 8.18. The average molecular weight is 505 g/mol. The van der Waals surface area contributed by atoms with Gasteiger partial charge in [0.15, 0.2) is 16.7 Å². The summed E-state index contributed by atoms with van der Waals surface area (Å²) in [6.45, 7) is 0.476. The van der Waals surface area contributed by atoms with Crippen LogP contribution in [0.25, 0.3) is 6.08 Å². The fourth-order valence-electron chi connectivity index (χ4n) is 5.38. The molecule has 190 valence electrons. The lowest BCUT2D eigenvalue weighted by Crippen LogP contribution is -2.41. The Bertz CT molecular complexity index is 1100. The van der Waals surface area contributed by atoms with E-state index in [4.69, 9.17) is 14.5 Å². The molecule has 2 saturated carbocycles. The Labute approximate surface area is 219 Å². The van der Waals surface area contributed by atoms with Gasteiger partial charge in [0, 0.05) is 6.04 Å². The van der Waals surface area contributed by atoms with E-state index in [0.717, 1.165) is 46.9 Å². The number of benzene rings is 2. The molecular weight excluding hydrogens is 468 g/mol. The van der Waals surface area contributed by atoms with Crippen LogP contribution in [0, 0.1) is 0 Å². The molecule has 0 bridgehead atoms. The van der Waals surface area contributed by atoms with Gasteiger partial charge in [-0.15, -0.1) is 0 Å². The Morgan fingerprint density at radius 2 is 1.67 bits per heavy atom. The minimum absolute atomic E-state index is 0.102. The van der Waals surface area contributed by atoms with Crippen molar-refractivity contribution in [3.05, 3.63) is 64.6 Å². The summed E-state index contributed by atoms with van der Waals surface area (Å²) < 4.78 is 11.6. The van der Waals surface area contributed by atoms with Crippen molar-refractivity contribution in [1.29, 1.82) is 0 Å². The highest BCUT2D eigenvalue weighted by atomic mass is 32.2. The van der Waals surface area contributed by atoms with Gasteiger partial charge in [-0.1, -0.05) is 74.9 Å². The third kappa shape index (κ3) is 5.97. The molecule has 2 aliphatic carbocycles. The highest BCUT2D eigenvalue weighted by Crippen LogP contribution is 2.39. The lowest BCUT2D eigenvalue weighted by Gasteiger charge is -2.31. The standard InChI is InChI=1S/C30H36N2O3S/c1-34-27-19-23(17-18-26(27)35-21-22-11-5-2-6-12-22)20-28-29(33)32(25-15-9-4-10-16-25)30(36-28)31-24-13-7-3-8-14-24/h2,5-6,11-12,17-20,24-25H,3-4,7-10,13-16,21H2,1H3. The Hall–Kier alpha value is -2.73. The summed E-state index contributed by atoms with van der Waals surface area (Å²) in [7, 11) is 1.65. The third-order valence-corrected chi connectivity index (χ3v) is 8.36. The van der Waals surface area contributed by atoms with Crippen molar-refractivity contribution in [2.24, 2.45) is 4.99 Å². The van der Waals surface area contributed by atoms with Crippen molar-refractivity contribution in [2.45, 2.75) is 82.9 Å². The molecule has 0 radical (unpaired) electrons. The zero-order valence-corrected chi connectivity index (χ0v) is 22.0. The van der Waals surface area contributed by atoms with E-state index in [1.807, 2.05) is 59.5 Å². The number of aliphatic imine (C=N–C) groups is 1. The SMILES string of the molecule is COc1cc(C=C2SC(=NC3CCCCC3)N(C3CCCCC3)C2=O)ccc1OCc1ccccc1. The summed E-state index contributed by atoms with van der Waals surface area (Å²) in [5.74, 6) is 1.46. The summed E-state index contributed by atoms with van der Waals surface area (Å²) in [6, 6.07) is 16.6. The number of amidine groups is 1. The Balaban J connectivity index is 1.37. The lowest BCUT2D eigenvalue weighted by atomic mass is 9.94. The van der Waals surface area contributed by atoms with Gasteiger partial charge in [-0.3, -0.25) is 14.7 Å². The van der Waals surface area contributed by atoms with E-state index in [2.05, 4.69) is 0 Å². The van der Waals surface area contributed by atoms with Gasteiger partial charge in [-0.2, -0.15) is 0 Å². The molecule has 5 rings (SSSR count). The number of carbonyl (C=O) groups is 1. The van der Waals surface area contributed by atoms with Crippen LogP contribution in [0.2, 0.25) is 0 Å². The molecule has 6 heteroatoms. The summed E-state index contributed by atoms with van der Waals surface area (Å²) in [4.78, 5) is 21.5. The smallest absolute Gasteiger partial charge is 0.266 e. The van der Waals surface area contributed by atoms with Crippen molar-refractivity contribution in [1.82, 2.24) is 4.90 Å². The normalized spacial score (nSPS) is 21.9. The van der Waals surface area contributed by atoms with E-state index in [9.17, 15) is 4.79 Å². The van der Waals surface area contributed by atoms with Crippen molar-refractivity contribution < 1.29 is 14.3 Å². The number of methoxy groups -OCH3 is 1. The minimum atomic E-state index is 0.102. The molecule has 0 spiro atoms. The zero-order valence-electron chi connectivity index (χ0n) is 21.2. The van der Waals surface area contributed by atoms with Crippen LogP contribution in [0.3, 0.4) is 0 Å². The first-order valence-corrected chi connectivity index (χ1v) is 14.2. The van der Waals surface area contributed by atoms with Gasteiger partial charge in [-0.25, -0.2) is 0 Å². The topological polar surface area (TPSA) is 51.1 Å². The highest BCUT2D eigenvalue weighted by Gasteiger charge is 2.39. The van der Waals surface area contributed by atoms with Crippen molar-refractivity contribution >= 4 is 28.9 Å². The second-order valence-corrected chi connectivity index (χ2v) is 11.0. The van der Waals surface area contributed by atoms with Crippen LogP contribution >= 0.6 is 11.8 Å². The van der Waals surface area contributed by atoms with Gasteiger partial charge >= 0.3 is 0 Å². The molecule has 2 aromatic carbocycles. The van der Waals surface area contributed by atoms with Crippen molar-refractivity contribution in [2.75, 3.05) is 7.11 Å². The van der Waals surface area contributed by atoms with E-state index in [1.54, 1.807) is 18.9 Å². The fraction of sp³-hybridized carbons (Fsp3) is 0.467. The van der Waals surface area contributed by atoms with Crippen LogP contribution in [-0.2, 0) is 11.4 Å². The molecule has 0 aromatic heterocycles. The van der Waals surface area contributed by atoms with Crippen LogP contribution in [0.15, 0.2) is 58.4 Å². The Kier molecular flexibility index (Phi) is 8.32. The zero-order chi connectivity index (χ0) is 24.7. The van der Waals surface area contributed by atoms with Crippen LogP contribution in [-0.4, -0.2) is 35.2 Å². The Morgan fingerprint density at radius 1 is 0.944 bits per heavy atom. The molecule has 3 aliphatic rings. The summed E-state index contributed by atoms with van der Waals surface area (Å²) >= 11 is 1.55. The molecule has 0 atom stereocenters. The van der Waals surface area contributed by atoms with E-state index in [0.29, 0.717) is 24.1 Å². The van der Waals surface area contributed by atoms with E-state index < -0.39 is 0 Å². The van der Waals surface area contributed by atoms with E-state index in [1.165, 1.54) is 38.5 Å². The number of rotatable bonds is 7. The van der Waals surface area contributed by atoms with Gasteiger partial charge in [0.05, 0.1) is 18.1 Å².